The minimum absolute atomic E-state index is 0.0595. The number of rotatable bonds is 23. The number of carboxylic acid groups (broad SMARTS) is 2. The predicted octanol–water partition coefficient (Wildman–Crippen LogP) is 13.1. The summed E-state index contributed by atoms with van der Waals surface area (Å²) in [5, 5.41) is 20.1. The van der Waals surface area contributed by atoms with Crippen molar-refractivity contribution < 1.29 is 19.8 Å². The van der Waals surface area contributed by atoms with Gasteiger partial charge in [-0.05, 0) is 25.7 Å². The zero-order chi connectivity index (χ0) is 33.3. The molecule has 0 atom stereocenters. The molecular weight excluding hydrogens is 802 g/mol. The lowest BCUT2D eigenvalue weighted by atomic mass is 9.71. The molecule has 0 saturated heterocycles. The molecule has 250 valence electrons. The van der Waals surface area contributed by atoms with Gasteiger partial charge >= 0.3 is 11.9 Å². The maximum Gasteiger partial charge on any atom is 0.316 e. The Morgan fingerprint density at radius 1 is 0.476 bits per heavy atom. The lowest BCUT2D eigenvalue weighted by Gasteiger charge is -2.57. The molecule has 0 radical (unpaired) electrons. The Balaban J connectivity index is 6.98. The van der Waals surface area contributed by atoms with Crippen LogP contribution in [-0.4, -0.2) is 48.2 Å². The van der Waals surface area contributed by atoms with Crippen LogP contribution in [0.25, 0.3) is 0 Å². The minimum Gasteiger partial charge on any atom is -0.481 e. The first-order valence-electron chi connectivity index (χ1n) is 13.7. The van der Waals surface area contributed by atoms with Gasteiger partial charge in [-0.25, -0.2) is 0 Å². The van der Waals surface area contributed by atoms with E-state index in [2.05, 4.69) is 0 Å². The van der Waals surface area contributed by atoms with Crippen molar-refractivity contribution in [3.63, 3.8) is 0 Å². The third kappa shape index (κ3) is 9.97. The third-order valence-electron chi connectivity index (χ3n) is 7.28. The fourth-order valence-corrected chi connectivity index (χ4v) is 9.22. The van der Waals surface area contributed by atoms with Crippen molar-refractivity contribution >= 4 is 151 Å². The highest BCUT2D eigenvalue weighted by Crippen LogP contribution is 2.72. The zero-order valence-corrected chi connectivity index (χ0v) is 32.4. The number of hydrogen-bond donors (Lipinski definition) is 2. The average molecular weight is 840 g/mol. The highest BCUT2D eigenvalue weighted by Gasteiger charge is 2.81. The minimum atomic E-state index is -2.98. The number of halogens is 12. The van der Waals surface area contributed by atoms with Crippen LogP contribution < -0.4 is 0 Å². The van der Waals surface area contributed by atoms with Crippen LogP contribution in [0.5, 0.6) is 0 Å². The van der Waals surface area contributed by atoms with Crippen LogP contribution in [0, 0.1) is 5.41 Å². The van der Waals surface area contributed by atoms with Gasteiger partial charge in [0, 0.05) is 6.42 Å². The Labute approximate surface area is 309 Å². The monoisotopic (exact) mass is 834 g/mol. The number of hydrogen-bond acceptors (Lipinski definition) is 2. The van der Waals surface area contributed by atoms with Gasteiger partial charge in [-0.15, -0.1) is 0 Å². The van der Waals surface area contributed by atoms with E-state index in [1.54, 1.807) is 0 Å². The summed E-state index contributed by atoms with van der Waals surface area (Å²) >= 11 is 80.8. The lowest BCUT2D eigenvalue weighted by Crippen LogP contribution is -2.72. The normalized spacial score (nSPS) is 14.3. The van der Waals surface area contributed by atoms with Crippen LogP contribution >= 0.6 is 139 Å². The molecule has 0 heterocycles. The molecule has 0 unspecified atom stereocenters. The summed E-state index contributed by atoms with van der Waals surface area (Å²) in [6.07, 6.45) is 6.13. The van der Waals surface area contributed by atoms with E-state index in [-0.39, 0.29) is 19.3 Å². The van der Waals surface area contributed by atoms with Gasteiger partial charge in [0.25, 0.3) is 0 Å². The van der Waals surface area contributed by atoms with Gasteiger partial charge < -0.3 is 10.2 Å². The van der Waals surface area contributed by atoms with E-state index in [0.29, 0.717) is 25.7 Å². The molecule has 0 fully saturated rings. The summed E-state index contributed by atoms with van der Waals surface area (Å²) in [6, 6.07) is 0. The molecule has 16 heteroatoms. The van der Waals surface area contributed by atoms with E-state index >= 15 is 0 Å². The second-order valence-corrected chi connectivity index (χ2v) is 18.8. The van der Waals surface area contributed by atoms with Crippen molar-refractivity contribution in [2.75, 3.05) is 0 Å². The van der Waals surface area contributed by atoms with Crippen molar-refractivity contribution in [1.29, 1.82) is 0 Å². The maximum absolute atomic E-state index is 13.3. The van der Waals surface area contributed by atoms with Crippen LogP contribution in [-0.2, 0) is 9.59 Å². The molecule has 0 aromatic rings. The third-order valence-corrected chi connectivity index (χ3v) is 15.6. The summed E-state index contributed by atoms with van der Waals surface area (Å²) in [6.45, 7) is 4.09. The van der Waals surface area contributed by atoms with Crippen LogP contribution in [0.4, 0.5) is 0 Å². The number of carboxylic acids is 2. The molecule has 0 aliphatic carbocycles. The summed E-state index contributed by atoms with van der Waals surface area (Å²) in [4.78, 5) is 24.7. The van der Waals surface area contributed by atoms with Crippen LogP contribution in [0.2, 0.25) is 0 Å². The van der Waals surface area contributed by atoms with Crippen LogP contribution in [0.15, 0.2) is 0 Å². The molecule has 0 saturated carbocycles. The first-order chi connectivity index (χ1) is 19.0. The molecule has 0 spiro atoms. The topological polar surface area (TPSA) is 74.6 Å². The Bertz CT molecular complexity index is 812. The van der Waals surface area contributed by atoms with Crippen molar-refractivity contribution in [2.45, 2.75) is 136 Å². The highest BCUT2D eigenvalue weighted by molar-refractivity contribution is 6.73. The summed E-state index contributed by atoms with van der Waals surface area (Å²) in [5.41, 5.74) is -2.96. The van der Waals surface area contributed by atoms with Gasteiger partial charge in [0.15, 0.2) is 26.0 Å². The van der Waals surface area contributed by atoms with E-state index in [1.807, 2.05) is 13.8 Å². The second kappa shape index (κ2) is 18.3. The smallest absolute Gasteiger partial charge is 0.316 e. The van der Waals surface area contributed by atoms with Crippen molar-refractivity contribution in [3.8, 4) is 0 Å². The molecule has 0 bridgehead atoms. The fraction of sp³-hybridized carbons (Fsp3) is 0.923. The van der Waals surface area contributed by atoms with Crippen molar-refractivity contribution in [3.05, 3.63) is 0 Å². The number of alkyl halides is 12. The van der Waals surface area contributed by atoms with Crippen molar-refractivity contribution in [2.24, 2.45) is 5.41 Å². The van der Waals surface area contributed by atoms with Gasteiger partial charge in [-0.2, -0.15) is 0 Å². The van der Waals surface area contributed by atoms with E-state index in [9.17, 15) is 19.8 Å². The molecule has 0 aliphatic rings. The molecule has 2 N–H and O–H groups in total. The van der Waals surface area contributed by atoms with E-state index in [4.69, 9.17) is 139 Å². The largest absolute Gasteiger partial charge is 0.481 e. The standard InChI is InChI=1S/C26H38Cl12O4/c1-3-5-7-9-11-16-21(27,28)25(35,36)23(31,32)20(19(41)42,15-13-14-18(39)40)24(33,34)26(37,38)22(29,30)17-12-10-8-6-4-2/h3-17H2,1-2H3,(H,39,40)(H,41,42). The lowest BCUT2D eigenvalue weighted by molar-refractivity contribution is -0.153. The quantitative estimate of drug-likeness (QED) is 0.0794. The van der Waals surface area contributed by atoms with Crippen LogP contribution in [0.1, 0.15) is 110 Å². The Morgan fingerprint density at radius 3 is 1.10 bits per heavy atom. The van der Waals surface area contributed by atoms with Gasteiger partial charge in [0.1, 0.15) is 5.41 Å². The molecule has 42 heavy (non-hydrogen) atoms. The van der Waals surface area contributed by atoms with Gasteiger partial charge in [-0.1, -0.05) is 217 Å². The number of unbranched alkanes of at least 4 members (excludes halogenated alkanes) is 8. The predicted molar refractivity (Wildman–Crippen MR) is 185 cm³/mol. The summed E-state index contributed by atoms with van der Waals surface area (Å²) in [5.74, 6) is -3.14. The Hall–Kier alpha value is 2.42. The number of aliphatic carboxylic acids is 2. The summed E-state index contributed by atoms with van der Waals surface area (Å²) < 4.78 is -15.7. The SMILES string of the molecule is CCCCCCCC(Cl)(Cl)C(Cl)(Cl)C(Cl)(Cl)C(CCCC(=O)O)(C(=O)O)C(Cl)(Cl)C(Cl)(Cl)C(Cl)(Cl)CCCCCCC. The van der Waals surface area contributed by atoms with Crippen molar-refractivity contribution in [1.82, 2.24) is 0 Å². The molecular formula is C26H38Cl12O4. The molecule has 4 nitrogen and oxygen atoms in total. The fourth-order valence-electron chi connectivity index (χ4n) is 4.60. The maximum atomic E-state index is 13.3. The first-order valence-corrected chi connectivity index (χ1v) is 18.2. The van der Waals surface area contributed by atoms with E-state index < -0.39 is 56.2 Å². The summed E-state index contributed by atoms with van der Waals surface area (Å²) in [7, 11) is 0. The van der Waals surface area contributed by atoms with E-state index in [1.165, 1.54) is 0 Å². The second-order valence-electron chi connectivity index (χ2n) is 10.5. The molecule has 0 aromatic carbocycles. The highest BCUT2D eigenvalue weighted by atomic mass is 35.6. The Morgan fingerprint density at radius 2 is 0.810 bits per heavy atom. The van der Waals surface area contributed by atoms with Crippen LogP contribution in [0.3, 0.4) is 0 Å². The molecule has 0 rings (SSSR count). The average Bonchev–Trinajstić information content (AvgIpc) is 2.85. The van der Waals surface area contributed by atoms with Gasteiger partial charge in [-0.3, -0.25) is 9.59 Å². The van der Waals surface area contributed by atoms with Gasteiger partial charge in [0.05, 0.1) is 0 Å². The first kappa shape index (κ1) is 44.4. The Kier molecular flexibility index (Phi) is 19.3. The number of carbonyl (C=O) groups is 2. The van der Waals surface area contributed by atoms with E-state index in [0.717, 1.165) is 38.5 Å². The molecule has 0 aliphatic heterocycles. The molecule has 0 amide bonds. The van der Waals surface area contributed by atoms with Gasteiger partial charge in [0.2, 0.25) is 0 Å². The zero-order valence-electron chi connectivity index (χ0n) is 23.4. The molecule has 0 aromatic heterocycles.